The van der Waals surface area contributed by atoms with E-state index >= 15 is 0 Å². The van der Waals surface area contributed by atoms with Crippen molar-refractivity contribution in [2.75, 3.05) is 0 Å². The third kappa shape index (κ3) is 5.39. The molecule has 0 N–H and O–H groups in total. The molecule has 0 atom stereocenters. The van der Waals surface area contributed by atoms with Crippen LogP contribution in [0.25, 0.3) is 44.8 Å². The van der Waals surface area contributed by atoms with Crippen LogP contribution in [0.5, 0.6) is 0 Å². The SMILES string of the molecule is C[Si]1(C)c2ccccc2-c2cccc(-c3cc[c-]c(-c4ccccn4)c3)c21.[Ir].[c-]1ccccc1-c1ccccn1. The second kappa shape index (κ2) is 12.1. The Bertz CT molecular complexity index is 1680. The smallest absolute Gasteiger partial charge is 0.114 e. The van der Waals surface area contributed by atoms with Gasteiger partial charge in [0.05, 0.1) is 0 Å². The minimum atomic E-state index is -1.73. The maximum atomic E-state index is 4.49. The predicted octanol–water partition coefficient (Wildman–Crippen LogP) is 7.57. The van der Waals surface area contributed by atoms with Gasteiger partial charge >= 0.3 is 0 Å². The van der Waals surface area contributed by atoms with Crippen molar-refractivity contribution in [3.05, 3.63) is 146 Å². The molecule has 7 rings (SSSR count). The van der Waals surface area contributed by atoms with Crippen LogP contribution in [0.1, 0.15) is 0 Å². The van der Waals surface area contributed by atoms with Crippen LogP contribution >= 0.6 is 0 Å². The standard InChI is InChI=1S/C25H20NSi.C11H8N.Ir/c1-27(2)24-15-4-3-11-21(24)22-13-8-12-20(25(22)27)18-9-7-10-19(17-18)23-14-5-6-16-26-23;1-2-6-10(7-3-1)11-8-4-5-9-12-11;/h3-9,11-17H,1-2H3;1-6,8-9H;/q2*-1;. The van der Waals surface area contributed by atoms with Gasteiger partial charge in [-0.05, 0) is 50.6 Å². The maximum absolute atomic E-state index is 4.49. The number of benzene rings is 4. The molecule has 197 valence electrons. The first kappa shape index (κ1) is 27.6. The van der Waals surface area contributed by atoms with Crippen molar-refractivity contribution >= 4 is 18.4 Å². The van der Waals surface area contributed by atoms with Gasteiger partial charge in [-0.3, -0.25) is 0 Å². The van der Waals surface area contributed by atoms with Gasteiger partial charge < -0.3 is 9.97 Å². The topological polar surface area (TPSA) is 25.8 Å². The number of rotatable bonds is 3. The first-order chi connectivity index (χ1) is 19.1. The van der Waals surface area contributed by atoms with Crippen molar-refractivity contribution in [3.63, 3.8) is 0 Å². The van der Waals surface area contributed by atoms with Gasteiger partial charge in [0.1, 0.15) is 8.07 Å². The molecule has 40 heavy (non-hydrogen) atoms. The molecule has 0 spiro atoms. The summed E-state index contributed by atoms with van der Waals surface area (Å²) >= 11 is 0. The molecule has 0 unspecified atom stereocenters. The molecule has 1 aliphatic heterocycles. The minimum absolute atomic E-state index is 0. The zero-order valence-electron chi connectivity index (χ0n) is 22.4. The zero-order chi connectivity index (χ0) is 26.7. The van der Waals surface area contributed by atoms with E-state index < -0.39 is 8.07 Å². The monoisotopic (exact) mass is 709 g/mol. The van der Waals surface area contributed by atoms with E-state index in [4.69, 9.17) is 0 Å². The summed E-state index contributed by atoms with van der Waals surface area (Å²) in [5.74, 6) is 0. The van der Waals surface area contributed by atoms with Crippen molar-refractivity contribution in [3.8, 4) is 44.8 Å². The van der Waals surface area contributed by atoms with Crippen LogP contribution in [-0.2, 0) is 20.1 Å². The summed E-state index contributed by atoms with van der Waals surface area (Å²) in [5, 5.41) is 3.09. The van der Waals surface area contributed by atoms with E-state index in [1.807, 2.05) is 72.9 Å². The maximum Gasteiger partial charge on any atom is 0.114 e. The molecule has 2 aromatic heterocycles. The molecule has 4 aromatic carbocycles. The van der Waals surface area contributed by atoms with E-state index in [1.165, 1.54) is 22.3 Å². The van der Waals surface area contributed by atoms with Crippen LogP contribution in [0.15, 0.2) is 134 Å². The number of hydrogen-bond donors (Lipinski definition) is 0. The average molecular weight is 709 g/mol. The molecule has 3 heterocycles. The molecule has 2 nitrogen and oxygen atoms in total. The van der Waals surface area contributed by atoms with Gasteiger partial charge in [-0.1, -0.05) is 79.8 Å². The molecule has 0 fully saturated rings. The van der Waals surface area contributed by atoms with Crippen LogP contribution in [0, 0.1) is 12.1 Å². The summed E-state index contributed by atoms with van der Waals surface area (Å²) in [7, 11) is -1.73. The Morgan fingerprint density at radius 3 is 1.88 bits per heavy atom. The predicted molar refractivity (Wildman–Crippen MR) is 165 cm³/mol. The third-order valence-corrected chi connectivity index (χ3v) is 10.9. The number of hydrogen-bond acceptors (Lipinski definition) is 2. The molecule has 1 aliphatic rings. The van der Waals surface area contributed by atoms with Crippen LogP contribution in [0.4, 0.5) is 0 Å². The van der Waals surface area contributed by atoms with Crippen molar-refractivity contribution in [2.24, 2.45) is 0 Å². The van der Waals surface area contributed by atoms with Gasteiger partial charge in [-0.2, -0.15) is 0 Å². The number of nitrogens with zero attached hydrogens (tertiary/aromatic N) is 2. The average Bonchev–Trinajstić information content (AvgIpc) is 3.26. The van der Waals surface area contributed by atoms with Gasteiger partial charge in [-0.25, -0.2) is 0 Å². The molecular formula is C36H28IrN2Si-2. The Balaban J connectivity index is 0.000000209. The summed E-state index contributed by atoms with van der Waals surface area (Å²) < 4.78 is 0. The van der Waals surface area contributed by atoms with E-state index in [0.717, 1.165) is 22.5 Å². The Kier molecular flexibility index (Phi) is 8.32. The van der Waals surface area contributed by atoms with Gasteiger partial charge in [0.2, 0.25) is 0 Å². The van der Waals surface area contributed by atoms with Crippen LogP contribution in [0.3, 0.4) is 0 Å². The van der Waals surface area contributed by atoms with E-state index in [2.05, 4.69) is 89.8 Å². The molecule has 6 aromatic rings. The zero-order valence-corrected chi connectivity index (χ0v) is 25.8. The second-order valence-corrected chi connectivity index (χ2v) is 14.4. The minimum Gasteiger partial charge on any atom is -0.305 e. The molecule has 0 aliphatic carbocycles. The fraction of sp³-hybridized carbons (Fsp3) is 0.0556. The van der Waals surface area contributed by atoms with Crippen molar-refractivity contribution < 1.29 is 20.1 Å². The summed E-state index contributed by atoms with van der Waals surface area (Å²) in [6.45, 7) is 4.94. The molecule has 4 heteroatoms. The summed E-state index contributed by atoms with van der Waals surface area (Å²) in [4.78, 5) is 8.71. The van der Waals surface area contributed by atoms with E-state index in [9.17, 15) is 0 Å². The quantitative estimate of drug-likeness (QED) is 0.140. The Labute approximate surface area is 251 Å². The normalized spacial score (nSPS) is 12.2. The first-order valence-corrected chi connectivity index (χ1v) is 16.2. The Morgan fingerprint density at radius 2 is 1.18 bits per heavy atom. The van der Waals surface area contributed by atoms with Gasteiger partial charge in [-0.15, -0.1) is 71.3 Å². The van der Waals surface area contributed by atoms with E-state index in [-0.39, 0.29) is 20.1 Å². The van der Waals surface area contributed by atoms with Crippen LogP contribution < -0.4 is 10.4 Å². The van der Waals surface area contributed by atoms with Crippen molar-refractivity contribution in [2.45, 2.75) is 13.1 Å². The molecule has 0 bridgehead atoms. The molecule has 0 saturated carbocycles. The van der Waals surface area contributed by atoms with Gasteiger partial charge in [0, 0.05) is 32.5 Å². The Morgan fingerprint density at radius 1 is 0.550 bits per heavy atom. The van der Waals surface area contributed by atoms with Crippen molar-refractivity contribution in [1.29, 1.82) is 0 Å². The largest absolute Gasteiger partial charge is 0.305 e. The van der Waals surface area contributed by atoms with Gasteiger partial charge in [0.15, 0.2) is 0 Å². The molecular weight excluding hydrogens is 681 g/mol. The van der Waals surface area contributed by atoms with Crippen molar-refractivity contribution in [1.82, 2.24) is 9.97 Å². The van der Waals surface area contributed by atoms with Gasteiger partial charge in [0.25, 0.3) is 0 Å². The summed E-state index contributed by atoms with van der Waals surface area (Å²) in [6, 6.07) is 48.3. The molecule has 1 radical (unpaired) electrons. The fourth-order valence-electron chi connectivity index (χ4n) is 5.47. The number of fused-ring (bicyclic) bond motifs is 3. The molecule has 0 saturated heterocycles. The number of pyridine rings is 2. The Hall–Kier alpha value is -3.95. The summed E-state index contributed by atoms with van der Waals surface area (Å²) in [5.41, 5.74) is 9.44. The summed E-state index contributed by atoms with van der Waals surface area (Å²) in [6.07, 6.45) is 3.62. The van der Waals surface area contributed by atoms with E-state index in [1.54, 1.807) is 16.6 Å². The van der Waals surface area contributed by atoms with Crippen LogP contribution in [0.2, 0.25) is 13.1 Å². The van der Waals surface area contributed by atoms with E-state index in [0.29, 0.717) is 0 Å². The third-order valence-electron chi connectivity index (χ3n) is 7.28. The fourth-order valence-corrected chi connectivity index (χ4v) is 8.93. The second-order valence-electron chi connectivity index (χ2n) is 10.1. The number of aromatic nitrogens is 2. The van der Waals surface area contributed by atoms with Crippen LogP contribution in [-0.4, -0.2) is 18.0 Å². The molecule has 0 amide bonds. The first-order valence-electron chi connectivity index (χ1n) is 13.2.